The molecule has 0 saturated carbocycles. The van der Waals surface area contributed by atoms with E-state index in [1.54, 1.807) is 12.1 Å². The van der Waals surface area contributed by atoms with E-state index < -0.39 is 11.6 Å². The predicted octanol–water partition coefficient (Wildman–Crippen LogP) is 1.82. The number of hydrogen-bond acceptors (Lipinski definition) is 7. The van der Waals surface area contributed by atoms with Crippen molar-refractivity contribution in [2.24, 2.45) is 0 Å². The smallest absolute Gasteiger partial charge is 0.262 e. The van der Waals surface area contributed by atoms with Crippen LogP contribution in [-0.2, 0) is 17.8 Å². The van der Waals surface area contributed by atoms with Gasteiger partial charge in [0.05, 0.1) is 17.4 Å². The number of H-pyrrole nitrogens is 1. The molecule has 9 nitrogen and oxygen atoms in total. The molecule has 2 aliphatic rings. The monoisotopic (exact) mass is 414 g/mol. The van der Waals surface area contributed by atoms with Crippen molar-refractivity contribution < 1.29 is 23.0 Å². The Bertz CT molecular complexity index is 1110. The molecule has 0 aliphatic carbocycles. The van der Waals surface area contributed by atoms with Gasteiger partial charge in [-0.25, -0.2) is 8.78 Å². The van der Waals surface area contributed by atoms with E-state index in [0.717, 1.165) is 0 Å². The standard InChI is InChI=1S/C19H16F2N6O3/c20-11-1-2-15-17(4-11)29-8-12(5-18-23-25-26-24-18)27(15)7-10-3-14-16(6-13(10)21)30-9-19(28)22-14/h1-4,6,12H,5,7-9H2,(H,22,28)(H,23,24,25,26)/t12-/m0/s1. The van der Waals surface area contributed by atoms with Gasteiger partial charge in [0.15, 0.2) is 12.4 Å². The molecule has 0 fully saturated rings. The summed E-state index contributed by atoms with van der Waals surface area (Å²) in [6, 6.07) is 6.76. The molecule has 1 amide bonds. The molecule has 0 radical (unpaired) electrons. The molecule has 11 heteroatoms. The molecule has 2 aromatic carbocycles. The Morgan fingerprint density at radius 2 is 2.07 bits per heavy atom. The molecule has 2 N–H and O–H groups in total. The number of carbonyl (C=O) groups is 1. The van der Waals surface area contributed by atoms with Crippen molar-refractivity contribution in [2.45, 2.75) is 19.0 Å². The first-order valence-corrected chi connectivity index (χ1v) is 9.23. The van der Waals surface area contributed by atoms with E-state index >= 15 is 0 Å². The third-order valence-corrected chi connectivity index (χ3v) is 5.03. The highest BCUT2D eigenvalue weighted by molar-refractivity contribution is 5.95. The topological polar surface area (TPSA) is 105 Å². The third kappa shape index (κ3) is 3.38. The lowest BCUT2D eigenvalue weighted by Gasteiger charge is -2.38. The third-order valence-electron chi connectivity index (χ3n) is 5.03. The Hall–Kier alpha value is -3.76. The Labute approximate surface area is 169 Å². The Kier molecular flexibility index (Phi) is 4.42. The van der Waals surface area contributed by atoms with E-state index in [2.05, 4.69) is 25.9 Å². The summed E-state index contributed by atoms with van der Waals surface area (Å²) in [6.45, 7) is 0.234. The van der Waals surface area contributed by atoms with Crippen LogP contribution >= 0.6 is 0 Å². The zero-order valence-corrected chi connectivity index (χ0v) is 15.6. The van der Waals surface area contributed by atoms with Gasteiger partial charge in [0.2, 0.25) is 0 Å². The minimum atomic E-state index is -0.474. The molecule has 2 aliphatic heterocycles. The molecule has 0 spiro atoms. The number of tetrazole rings is 1. The maximum Gasteiger partial charge on any atom is 0.262 e. The molecular weight excluding hydrogens is 398 g/mol. The number of ether oxygens (including phenoxy) is 2. The molecule has 3 heterocycles. The number of nitrogens with zero attached hydrogens (tertiary/aromatic N) is 4. The molecule has 0 bridgehead atoms. The summed E-state index contributed by atoms with van der Waals surface area (Å²) in [7, 11) is 0. The lowest BCUT2D eigenvalue weighted by atomic mass is 10.0. The second kappa shape index (κ2) is 7.25. The minimum absolute atomic E-state index is 0.152. The van der Waals surface area contributed by atoms with E-state index in [1.165, 1.54) is 18.2 Å². The summed E-state index contributed by atoms with van der Waals surface area (Å²) >= 11 is 0. The van der Waals surface area contributed by atoms with E-state index in [-0.39, 0.29) is 37.5 Å². The number of halogens is 2. The van der Waals surface area contributed by atoms with Gasteiger partial charge in [-0.3, -0.25) is 4.79 Å². The first-order valence-electron chi connectivity index (χ1n) is 9.23. The number of carbonyl (C=O) groups excluding carboxylic acids is 1. The molecule has 154 valence electrons. The van der Waals surface area contributed by atoms with Crippen molar-refractivity contribution in [3.8, 4) is 11.5 Å². The van der Waals surface area contributed by atoms with Gasteiger partial charge in [0.25, 0.3) is 5.91 Å². The summed E-state index contributed by atoms with van der Waals surface area (Å²) in [6.07, 6.45) is 0.389. The SMILES string of the molecule is O=C1COc2cc(F)c(CN3c4ccc(F)cc4OC[C@@H]3Cc3nn[nH]n3)cc2N1. The largest absolute Gasteiger partial charge is 0.489 e. The van der Waals surface area contributed by atoms with Crippen molar-refractivity contribution in [1.82, 2.24) is 20.6 Å². The van der Waals surface area contributed by atoms with Crippen LogP contribution < -0.4 is 19.7 Å². The summed E-state index contributed by atoms with van der Waals surface area (Å²) in [5.74, 6) is -0.0745. The zero-order chi connectivity index (χ0) is 20.7. The normalized spacial score (nSPS) is 17.5. The first-order chi connectivity index (χ1) is 14.6. The van der Waals surface area contributed by atoms with Gasteiger partial charge in [0.1, 0.15) is 29.7 Å². The average molecular weight is 414 g/mol. The van der Waals surface area contributed by atoms with Crippen molar-refractivity contribution in [1.29, 1.82) is 0 Å². The van der Waals surface area contributed by atoms with Crippen molar-refractivity contribution in [3.05, 3.63) is 53.4 Å². The van der Waals surface area contributed by atoms with Crippen molar-refractivity contribution in [2.75, 3.05) is 23.4 Å². The molecule has 30 heavy (non-hydrogen) atoms. The van der Waals surface area contributed by atoms with E-state index in [1.807, 2.05) is 4.90 Å². The van der Waals surface area contributed by atoms with Gasteiger partial charge < -0.3 is 19.7 Å². The van der Waals surface area contributed by atoms with Gasteiger partial charge >= 0.3 is 0 Å². The molecule has 3 aromatic rings. The van der Waals surface area contributed by atoms with E-state index in [4.69, 9.17) is 9.47 Å². The number of anilines is 2. The van der Waals surface area contributed by atoms with Crippen LogP contribution in [0, 0.1) is 11.6 Å². The maximum atomic E-state index is 14.8. The average Bonchev–Trinajstić information content (AvgIpc) is 3.23. The Balaban J connectivity index is 1.51. The fraction of sp³-hybridized carbons (Fsp3) is 0.263. The quantitative estimate of drug-likeness (QED) is 0.671. The highest BCUT2D eigenvalue weighted by Gasteiger charge is 2.30. The van der Waals surface area contributed by atoms with Crippen LogP contribution in [0.25, 0.3) is 0 Å². The van der Waals surface area contributed by atoms with Crippen LogP contribution in [-0.4, -0.2) is 45.8 Å². The highest BCUT2D eigenvalue weighted by atomic mass is 19.1. The second-order valence-electron chi connectivity index (χ2n) is 7.01. The lowest BCUT2D eigenvalue weighted by molar-refractivity contribution is -0.118. The number of aromatic amines is 1. The van der Waals surface area contributed by atoms with E-state index in [9.17, 15) is 13.6 Å². The van der Waals surface area contributed by atoms with Crippen LogP contribution in [0.3, 0.4) is 0 Å². The minimum Gasteiger partial charge on any atom is -0.489 e. The molecule has 1 atom stereocenters. The molecule has 0 unspecified atom stereocenters. The molecular formula is C19H16F2N6O3. The molecule has 0 saturated heterocycles. The number of aromatic nitrogens is 4. The van der Waals surface area contributed by atoms with Gasteiger partial charge in [-0.15, -0.1) is 10.2 Å². The number of fused-ring (bicyclic) bond motifs is 2. The Morgan fingerprint density at radius 1 is 1.17 bits per heavy atom. The fourth-order valence-electron chi connectivity index (χ4n) is 3.63. The van der Waals surface area contributed by atoms with Gasteiger partial charge in [0, 0.05) is 30.7 Å². The summed E-state index contributed by atoms with van der Waals surface area (Å²) in [5, 5.41) is 16.6. The first kappa shape index (κ1) is 18.3. The maximum absolute atomic E-state index is 14.8. The molecule has 5 rings (SSSR count). The van der Waals surface area contributed by atoms with Crippen LogP contribution in [0.4, 0.5) is 20.2 Å². The Morgan fingerprint density at radius 3 is 2.90 bits per heavy atom. The summed E-state index contributed by atoms with van der Waals surface area (Å²) in [5.41, 5.74) is 1.37. The number of benzene rings is 2. The van der Waals surface area contributed by atoms with Crippen LogP contribution in [0.5, 0.6) is 11.5 Å². The van der Waals surface area contributed by atoms with Crippen LogP contribution in [0.15, 0.2) is 30.3 Å². The van der Waals surface area contributed by atoms with Crippen molar-refractivity contribution in [3.63, 3.8) is 0 Å². The summed E-state index contributed by atoms with van der Waals surface area (Å²) in [4.78, 5) is 13.5. The van der Waals surface area contributed by atoms with Crippen LogP contribution in [0.1, 0.15) is 11.4 Å². The second-order valence-corrected chi connectivity index (χ2v) is 7.01. The van der Waals surface area contributed by atoms with Gasteiger partial charge in [-0.2, -0.15) is 5.21 Å². The summed E-state index contributed by atoms with van der Waals surface area (Å²) < 4.78 is 39.5. The predicted molar refractivity (Wildman–Crippen MR) is 100 cm³/mol. The van der Waals surface area contributed by atoms with Crippen molar-refractivity contribution >= 4 is 17.3 Å². The number of rotatable bonds is 4. The zero-order valence-electron chi connectivity index (χ0n) is 15.6. The van der Waals surface area contributed by atoms with Crippen LogP contribution in [0.2, 0.25) is 0 Å². The van der Waals surface area contributed by atoms with Gasteiger partial charge in [-0.05, 0) is 18.2 Å². The lowest BCUT2D eigenvalue weighted by Crippen LogP contribution is -2.44. The fourth-order valence-corrected chi connectivity index (χ4v) is 3.63. The number of nitrogens with one attached hydrogen (secondary N) is 2. The number of amides is 1. The van der Waals surface area contributed by atoms with E-state index in [0.29, 0.717) is 34.9 Å². The molecule has 1 aromatic heterocycles. The van der Waals surface area contributed by atoms with Gasteiger partial charge in [-0.1, -0.05) is 5.21 Å². The number of hydrogen-bond donors (Lipinski definition) is 2. The highest BCUT2D eigenvalue weighted by Crippen LogP contribution is 2.38.